The molecule has 0 bridgehead atoms. The van der Waals surface area contributed by atoms with Gasteiger partial charge in [-0.2, -0.15) is 0 Å². The normalized spacial score (nSPS) is 12.8. The zero-order valence-electron chi connectivity index (χ0n) is 30.8. The van der Waals surface area contributed by atoms with Crippen molar-refractivity contribution in [3.63, 3.8) is 0 Å². The third-order valence-electron chi connectivity index (χ3n) is 9.66. The van der Waals surface area contributed by atoms with Gasteiger partial charge in [-0.05, 0) is 48.6 Å². The molecule has 1 radical (unpaired) electrons. The maximum atomic E-state index is 12.3. The molecule has 4 rings (SSSR count). The number of aromatic nitrogens is 1. The van der Waals surface area contributed by atoms with Crippen LogP contribution in [0.15, 0.2) is 78.5 Å². The van der Waals surface area contributed by atoms with Crippen LogP contribution in [0.2, 0.25) is 19.6 Å². The first-order valence-electron chi connectivity index (χ1n) is 17.0. The monoisotopic (exact) mass is 814 g/mol. The third kappa shape index (κ3) is 9.37. The molecule has 4 aromatic rings. The van der Waals surface area contributed by atoms with E-state index in [2.05, 4.69) is 106 Å². The first-order chi connectivity index (χ1) is 21.5. The molecule has 249 valence electrons. The van der Waals surface area contributed by atoms with Gasteiger partial charge in [-0.15, -0.1) is 34.9 Å². The minimum absolute atomic E-state index is 0. The summed E-state index contributed by atoms with van der Waals surface area (Å²) in [5.74, 6) is -0.288. The first-order valence-corrected chi connectivity index (χ1v) is 20.0. The summed E-state index contributed by atoms with van der Waals surface area (Å²) in [5, 5.41) is 12.9. The van der Waals surface area contributed by atoms with E-state index in [9.17, 15) is 9.90 Å². The van der Waals surface area contributed by atoms with Gasteiger partial charge in [0, 0.05) is 42.4 Å². The summed E-state index contributed by atoms with van der Waals surface area (Å²) in [6, 6.07) is 27.3. The second kappa shape index (κ2) is 16.3. The second-order valence-electron chi connectivity index (χ2n) is 14.0. The van der Waals surface area contributed by atoms with Crippen molar-refractivity contribution >= 4 is 29.9 Å². The zero-order chi connectivity index (χ0) is 34.4. The Kier molecular flexibility index (Phi) is 13.3. The Hall–Kier alpha value is -2.85. The van der Waals surface area contributed by atoms with Crippen molar-refractivity contribution in [1.82, 2.24) is 4.98 Å². The van der Waals surface area contributed by atoms with Gasteiger partial charge in [0.25, 0.3) is 0 Å². The summed E-state index contributed by atoms with van der Waals surface area (Å²) < 4.78 is 7.99. The van der Waals surface area contributed by atoms with E-state index in [4.69, 9.17) is 6.35 Å². The van der Waals surface area contributed by atoms with Gasteiger partial charge in [0.2, 0.25) is 0 Å². The molecule has 1 heterocycles. The molecule has 3 nitrogen and oxygen atoms in total. The topological polar surface area (TPSA) is 50.2 Å². The van der Waals surface area contributed by atoms with Gasteiger partial charge in [-0.25, -0.2) is 0 Å². The molecule has 0 aliphatic rings. The van der Waals surface area contributed by atoms with E-state index in [1.54, 1.807) is 0 Å². The maximum absolute atomic E-state index is 12.3. The summed E-state index contributed by atoms with van der Waals surface area (Å²) in [7, 11) is -1.40. The van der Waals surface area contributed by atoms with E-state index >= 15 is 0 Å². The van der Waals surface area contributed by atoms with Crippen LogP contribution in [0.1, 0.15) is 79.7 Å². The average Bonchev–Trinajstić information content (AvgIpc) is 3.05. The number of rotatable bonds is 10. The maximum Gasteiger partial charge on any atom is 0.164 e. The van der Waals surface area contributed by atoms with Crippen molar-refractivity contribution in [1.29, 1.82) is 0 Å². The smallest absolute Gasteiger partial charge is 0.164 e. The van der Waals surface area contributed by atoms with Crippen molar-refractivity contribution in [3.05, 3.63) is 95.7 Å². The van der Waals surface area contributed by atoms with Gasteiger partial charge in [-0.1, -0.05) is 129 Å². The van der Waals surface area contributed by atoms with Crippen LogP contribution in [-0.4, -0.2) is 23.9 Å². The Balaban J connectivity index is 0.000000355. The predicted molar refractivity (Wildman–Crippen MR) is 197 cm³/mol. The van der Waals surface area contributed by atoms with Gasteiger partial charge in [0.15, 0.2) is 5.78 Å². The second-order valence-corrected chi connectivity index (χ2v) is 19.1. The van der Waals surface area contributed by atoms with Crippen LogP contribution in [0.25, 0.3) is 33.3 Å². The SMILES string of the molecule is Cc1[c-]c(-c2cc(-c3ccccc3)c3cc([Si](C)(C)C)ccc3n2)cc(C)c1.[2H]/C(C(=O)C(C)(CC)CC)=C(/O)C(C)(CC)CC.[Ir]. The van der Waals surface area contributed by atoms with E-state index in [-0.39, 0.29) is 37.7 Å². The number of hydrogen-bond donors (Lipinski definition) is 1. The van der Waals surface area contributed by atoms with Crippen LogP contribution < -0.4 is 5.19 Å². The minimum atomic E-state index is -1.40. The predicted octanol–water partition coefficient (Wildman–Crippen LogP) is 11.2. The van der Waals surface area contributed by atoms with Crippen LogP contribution in [0.3, 0.4) is 0 Å². The van der Waals surface area contributed by atoms with E-state index in [0.29, 0.717) is 12.8 Å². The molecule has 0 fully saturated rings. The quantitative estimate of drug-likeness (QED) is 0.0751. The summed E-state index contributed by atoms with van der Waals surface area (Å²) in [6.07, 6.45) is 2.82. The molecule has 0 aliphatic heterocycles. The summed E-state index contributed by atoms with van der Waals surface area (Å²) >= 11 is 0. The summed E-state index contributed by atoms with van der Waals surface area (Å²) in [4.78, 5) is 17.4. The van der Waals surface area contributed by atoms with Gasteiger partial charge in [-0.3, -0.25) is 9.78 Å². The van der Waals surface area contributed by atoms with Crippen LogP contribution in [-0.2, 0) is 24.9 Å². The number of pyridine rings is 1. The number of hydrogen-bond acceptors (Lipinski definition) is 3. The number of ketones is 1. The van der Waals surface area contributed by atoms with Crippen molar-refractivity contribution in [2.24, 2.45) is 10.8 Å². The van der Waals surface area contributed by atoms with Crippen molar-refractivity contribution in [2.75, 3.05) is 0 Å². The van der Waals surface area contributed by atoms with Gasteiger partial charge in [0.05, 0.1) is 15.0 Å². The number of nitrogens with zero attached hydrogens (tertiary/aromatic N) is 1. The van der Waals surface area contributed by atoms with Crippen molar-refractivity contribution < 1.29 is 31.4 Å². The molecule has 0 aliphatic carbocycles. The van der Waals surface area contributed by atoms with Crippen LogP contribution in [0.5, 0.6) is 0 Å². The number of allylic oxidation sites excluding steroid dienone is 2. The molecular formula is C41H54IrNO2Si-. The molecule has 0 saturated carbocycles. The zero-order valence-corrected chi connectivity index (χ0v) is 33.2. The molecule has 46 heavy (non-hydrogen) atoms. The summed E-state index contributed by atoms with van der Waals surface area (Å²) in [6.45, 7) is 23.0. The van der Waals surface area contributed by atoms with Crippen LogP contribution in [0.4, 0.5) is 0 Å². The average molecular weight is 814 g/mol. The Morgan fingerprint density at radius 3 is 2.00 bits per heavy atom. The van der Waals surface area contributed by atoms with E-state index in [1.807, 2.05) is 41.5 Å². The largest absolute Gasteiger partial charge is 0.512 e. The molecule has 0 atom stereocenters. The Labute approximate surface area is 294 Å². The minimum Gasteiger partial charge on any atom is -0.512 e. The molecule has 0 saturated heterocycles. The summed E-state index contributed by atoms with van der Waals surface area (Å²) in [5.41, 5.74) is 6.95. The van der Waals surface area contributed by atoms with Crippen molar-refractivity contribution in [3.8, 4) is 22.4 Å². The van der Waals surface area contributed by atoms with Gasteiger partial charge in [0.1, 0.15) is 5.76 Å². The van der Waals surface area contributed by atoms with Crippen LogP contribution >= 0.6 is 0 Å². The Morgan fingerprint density at radius 1 is 0.891 bits per heavy atom. The number of fused-ring (bicyclic) bond motifs is 1. The number of benzene rings is 3. The fourth-order valence-electron chi connectivity index (χ4n) is 5.29. The number of aryl methyl sites for hydroxylation is 2. The fraction of sp³-hybridized carbons (Fsp3) is 0.415. The van der Waals surface area contributed by atoms with Crippen LogP contribution in [0, 0.1) is 30.7 Å². The van der Waals surface area contributed by atoms with Crippen molar-refractivity contribution in [2.45, 2.75) is 101 Å². The van der Waals surface area contributed by atoms with Gasteiger partial charge >= 0.3 is 0 Å². The Bertz CT molecular complexity index is 1680. The molecule has 3 aromatic carbocycles. The molecule has 0 spiro atoms. The van der Waals surface area contributed by atoms with E-state index in [1.165, 1.54) is 27.3 Å². The molecule has 1 aromatic heterocycles. The Morgan fingerprint density at radius 2 is 1.48 bits per heavy atom. The number of carbonyl (C=O) groups is 1. The standard InChI is InChI=1S/C26H26NSi.C15H28O2.Ir/c1-18-13-19(2)15-21(14-18)26-17-23(20-9-7-6-8-10-20)24-16-22(28(3,4)5)11-12-25(24)27-26;1-7-14(5,8-2)12(16)11-13(17)15(6,9-3)10-4;/h6-14,16-17H,1-5H3;11,16H,7-10H2,1-6H3;/q-1;;/b;12-11-;/i;11D;. The molecule has 0 amide bonds. The third-order valence-corrected chi connectivity index (χ3v) is 11.7. The molecule has 0 unspecified atom stereocenters. The van der Waals surface area contributed by atoms with E-state index in [0.717, 1.165) is 35.2 Å². The molecule has 5 heteroatoms. The van der Waals surface area contributed by atoms with Gasteiger partial charge < -0.3 is 5.11 Å². The number of aliphatic hydroxyl groups is 1. The molecular weight excluding hydrogens is 759 g/mol. The number of aliphatic hydroxyl groups excluding tert-OH is 1. The molecule has 1 N–H and O–H groups in total. The number of carbonyl (C=O) groups excluding carboxylic acids is 1. The van der Waals surface area contributed by atoms with E-state index < -0.39 is 18.9 Å². The first kappa shape index (κ1) is 37.6. The fourth-order valence-corrected chi connectivity index (χ4v) is 6.45.